The van der Waals surface area contributed by atoms with Crippen LogP contribution in [0.3, 0.4) is 0 Å². The Labute approximate surface area is 147 Å². The molecule has 0 fully saturated rings. The highest BCUT2D eigenvalue weighted by Crippen LogP contribution is 2.35. The van der Waals surface area contributed by atoms with Gasteiger partial charge in [-0.1, -0.05) is 37.8 Å². The Balaban J connectivity index is 1.93. The first-order valence-electron chi connectivity index (χ1n) is 7.96. The summed E-state index contributed by atoms with van der Waals surface area (Å²) in [6, 6.07) is 12.6. The molecule has 3 rings (SSSR count). The molecule has 24 heavy (non-hydrogen) atoms. The molecule has 0 aromatic heterocycles. The van der Waals surface area contributed by atoms with E-state index in [4.69, 9.17) is 0 Å². The molecule has 0 heterocycles. The minimum Gasteiger partial charge on any atom is -0.351 e. The largest absolute Gasteiger partial charge is 0.351 e. The van der Waals surface area contributed by atoms with Gasteiger partial charge in [0, 0.05) is 28.5 Å². The number of amides is 1. The molecule has 122 valence electrons. The lowest BCUT2D eigenvalue weighted by Gasteiger charge is -2.21. The van der Waals surface area contributed by atoms with Gasteiger partial charge in [-0.2, -0.15) is 12.6 Å². The Bertz CT molecular complexity index is 841. The van der Waals surface area contributed by atoms with Gasteiger partial charge in [-0.3, -0.25) is 9.59 Å². The first-order valence-corrected chi connectivity index (χ1v) is 8.48. The van der Waals surface area contributed by atoms with Gasteiger partial charge in [0.2, 0.25) is 0 Å². The summed E-state index contributed by atoms with van der Waals surface area (Å²) in [7, 11) is 0. The Morgan fingerprint density at radius 1 is 1.12 bits per heavy atom. The number of nitrogens with one attached hydrogen (secondary N) is 1. The van der Waals surface area contributed by atoms with Crippen molar-refractivity contribution in [1.29, 1.82) is 0 Å². The van der Waals surface area contributed by atoms with Crippen LogP contribution in [0.15, 0.2) is 49.0 Å². The van der Waals surface area contributed by atoms with E-state index in [0.717, 1.165) is 23.1 Å². The van der Waals surface area contributed by atoms with E-state index in [1.54, 1.807) is 18.2 Å². The minimum absolute atomic E-state index is 0.0265. The van der Waals surface area contributed by atoms with Gasteiger partial charge in [0.1, 0.15) is 0 Å². The summed E-state index contributed by atoms with van der Waals surface area (Å²) < 4.78 is 0. The molecule has 3 nitrogen and oxygen atoms in total. The van der Waals surface area contributed by atoms with Gasteiger partial charge in [0.05, 0.1) is 0 Å². The monoisotopic (exact) mass is 337 g/mol. The lowest BCUT2D eigenvalue weighted by atomic mass is 9.81. The highest BCUT2D eigenvalue weighted by molar-refractivity contribution is 7.81. The average Bonchev–Trinajstić information content (AvgIpc) is 2.63. The van der Waals surface area contributed by atoms with Crippen LogP contribution in [0.5, 0.6) is 0 Å². The van der Waals surface area contributed by atoms with E-state index in [0.29, 0.717) is 23.2 Å². The van der Waals surface area contributed by atoms with Crippen LogP contribution in [-0.4, -0.2) is 23.5 Å². The van der Waals surface area contributed by atoms with E-state index >= 15 is 0 Å². The number of carbonyl (C=O) groups is 2. The first kappa shape index (κ1) is 16.5. The maximum Gasteiger partial charge on any atom is 0.251 e. The van der Waals surface area contributed by atoms with E-state index in [9.17, 15) is 9.59 Å². The molecule has 1 atom stereocenters. The van der Waals surface area contributed by atoms with E-state index in [1.807, 2.05) is 31.2 Å². The summed E-state index contributed by atoms with van der Waals surface area (Å²) in [6.45, 7) is 6.66. The molecule has 0 saturated heterocycles. The van der Waals surface area contributed by atoms with Crippen molar-refractivity contribution >= 4 is 29.9 Å². The van der Waals surface area contributed by atoms with E-state index < -0.39 is 0 Å². The quantitative estimate of drug-likeness (QED) is 0.713. The van der Waals surface area contributed by atoms with Crippen molar-refractivity contribution < 1.29 is 9.59 Å². The smallest absolute Gasteiger partial charge is 0.251 e. The molecule has 2 aromatic rings. The third-order valence-corrected chi connectivity index (χ3v) is 4.87. The standard InChI is InChI=1S/C20H19NO2S/c1-3-14(24)11-21-20(23)13-8-9-17-18(10-13)12(2)15-6-4-5-7-16(15)19(17)22/h4-10,14,24H,2-3,11H2,1H3,(H,21,23). The minimum atomic E-state index is -0.163. The Morgan fingerprint density at radius 3 is 2.50 bits per heavy atom. The van der Waals surface area contributed by atoms with Crippen LogP contribution >= 0.6 is 12.6 Å². The number of fused-ring (bicyclic) bond motifs is 2. The molecule has 1 aliphatic carbocycles. The fourth-order valence-electron chi connectivity index (χ4n) is 2.82. The number of hydrogen-bond acceptors (Lipinski definition) is 3. The van der Waals surface area contributed by atoms with Gasteiger partial charge in [0.15, 0.2) is 5.78 Å². The highest BCUT2D eigenvalue weighted by Gasteiger charge is 2.26. The molecule has 1 aliphatic rings. The summed E-state index contributed by atoms with van der Waals surface area (Å²) in [5.41, 5.74) is 4.11. The predicted molar refractivity (Wildman–Crippen MR) is 99.9 cm³/mol. The molecule has 2 aromatic carbocycles. The predicted octanol–water partition coefficient (Wildman–Crippen LogP) is 3.73. The molecule has 4 heteroatoms. The zero-order valence-corrected chi connectivity index (χ0v) is 14.4. The van der Waals surface area contributed by atoms with Gasteiger partial charge in [-0.15, -0.1) is 0 Å². The zero-order chi connectivity index (χ0) is 17.3. The van der Waals surface area contributed by atoms with Gasteiger partial charge in [-0.25, -0.2) is 0 Å². The normalized spacial score (nSPS) is 13.9. The summed E-state index contributed by atoms with van der Waals surface area (Å²) in [4.78, 5) is 25.0. The molecule has 1 N–H and O–H groups in total. The summed E-state index contributed by atoms with van der Waals surface area (Å²) >= 11 is 4.38. The van der Waals surface area contributed by atoms with Crippen LogP contribution in [0.25, 0.3) is 5.57 Å². The van der Waals surface area contributed by atoms with Gasteiger partial charge in [-0.05, 0) is 41.3 Å². The number of rotatable bonds is 4. The molecule has 0 spiro atoms. The van der Waals surface area contributed by atoms with Crippen LogP contribution in [0.4, 0.5) is 0 Å². The molecule has 1 unspecified atom stereocenters. The van der Waals surface area contributed by atoms with Crippen LogP contribution < -0.4 is 5.32 Å². The number of hydrogen-bond donors (Lipinski definition) is 2. The van der Waals surface area contributed by atoms with Crippen molar-refractivity contribution in [3.63, 3.8) is 0 Å². The first-order chi connectivity index (χ1) is 11.5. The molecule has 1 amide bonds. The van der Waals surface area contributed by atoms with E-state index in [1.165, 1.54) is 0 Å². The van der Waals surface area contributed by atoms with Crippen LogP contribution in [0.2, 0.25) is 0 Å². The second-order valence-electron chi connectivity index (χ2n) is 5.89. The number of carbonyl (C=O) groups excluding carboxylic acids is 2. The SMILES string of the molecule is C=C1c2ccccc2C(=O)c2ccc(C(=O)NCC(S)CC)cc21. The van der Waals surface area contributed by atoms with Gasteiger partial charge >= 0.3 is 0 Å². The van der Waals surface area contributed by atoms with E-state index in [-0.39, 0.29) is 16.9 Å². The zero-order valence-electron chi connectivity index (χ0n) is 13.5. The second-order valence-corrected chi connectivity index (χ2v) is 6.62. The molecular weight excluding hydrogens is 318 g/mol. The van der Waals surface area contributed by atoms with Crippen molar-refractivity contribution in [3.05, 3.63) is 76.9 Å². The number of thiol groups is 1. The Morgan fingerprint density at radius 2 is 1.79 bits per heavy atom. The summed E-state index contributed by atoms with van der Waals surface area (Å²) in [5, 5.41) is 3.01. The van der Waals surface area contributed by atoms with Crippen molar-refractivity contribution in [3.8, 4) is 0 Å². The van der Waals surface area contributed by atoms with Crippen LogP contribution in [0.1, 0.15) is 50.8 Å². The molecular formula is C20H19NO2S. The topological polar surface area (TPSA) is 46.2 Å². The van der Waals surface area contributed by atoms with Gasteiger partial charge in [0.25, 0.3) is 5.91 Å². The van der Waals surface area contributed by atoms with Crippen LogP contribution in [0, 0.1) is 0 Å². The lowest BCUT2D eigenvalue weighted by molar-refractivity contribution is 0.0952. The third kappa shape index (κ3) is 2.89. The maximum absolute atomic E-state index is 12.6. The maximum atomic E-state index is 12.6. The molecule has 0 radical (unpaired) electrons. The van der Waals surface area contributed by atoms with E-state index in [2.05, 4.69) is 24.5 Å². The van der Waals surface area contributed by atoms with Crippen molar-refractivity contribution in [1.82, 2.24) is 5.32 Å². The fourth-order valence-corrected chi connectivity index (χ4v) is 2.92. The summed E-state index contributed by atoms with van der Waals surface area (Å²) in [5.74, 6) is -0.189. The van der Waals surface area contributed by atoms with Crippen molar-refractivity contribution in [2.75, 3.05) is 6.54 Å². The fraction of sp³-hybridized carbons (Fsp3) is 0.200. The Hall–Kier alpha value is -2.33. The van der Waals surface area contributed by atoms with Crippen molar-refractivity contribution in [2.24, 2.45) is 0 Å². The summed E-state index contributed by atoms with van der Waals surface area (Å²) in [6.07, 6.45) is 0.885. The number of ketones is 1. The third-order valence-electron chi connectivity index (χ3n) is 4.32. The van der Waals surface area contributed by atoms with Gasteiger partial charge < -0.3 is 5.32 Å². The molecule has 0 saturated carbocycles. The highest BCUT2D eigenvalue weighted by atomic mass is 32.1. The van der Waals surface area contributed by atoms with Crippen molar-refractivity contribution in [2.45, 2.75) is 18.6 Å². The lowest BCUT2D eigenvalue weighted by Crippen LogP contribution is -2.29. The molecule has 0 aliphatic heterocycles. The Kier molecular flexibility index (Phi) is 4.58. The average molecular weight is 337 g/mol. The number of benzene rings is 2. The molecule has 0 bridgehead atoms. The van der Waals surface area contributed by atoms with Crippen LogP contribution in [-0.2, 0) is 0 Å². The second kappa shape index (κ2) is 6.65.